The summed E-state index contributed by atoms with van der Waals surface area (Å²) >= 11 is 12.4. The van der Waals surface area contributed by atoms with Crippen LogP contribution in [0.15, 0.2) is 36.4 Å². The maximum atomic E-state index is 13.7. The Balaban J connectivity index is 1.75. The number of hydrogen-bond donors (Lipinski definition) is 0. The lowest BCUT2D eigenvalue weighted by atomic mass is 9.81. The zero-order valence-corrected chi connectivity index (χ0v) is 21.6. The number of methoxy groups -OCH3 is 1. The molecule has 1 heterocycles. The van der Waals surface area contributed by atoms with Crippen molar-refractivity contribution in [3.05, 3.63) is 68.7 Å². The van der Waals surface area contributed by atoms with E-state index in [0.717, 1.165) is 42.9 Å². The summed E-state index contributed by atoms with van der Waals surface area (Å²) in [6.07, 6.45) is 0.528. The average Bonchev–Trinajstić information content (AvgIpc) is 3.25. The number of hydrogen-bond acceptors (Lipinski definition) is 5. The van der Waals surface area contributed by atoms with Crippen molar-refractivity contribution in [2.24, 2.45) is 13.0 Å². The third kappa shape index (κ3) is 6.49. The van der Waals surface area contributed by atoms with Crippen LogP contribution in [-0.2, 0) is 31.1 Å². The van der Waals surface area contributed by atoms with Crippen molar-refractivity contribution in [2.75, 3.05) is 12.0 Å². The molecule has 0 N–H and O–H groups in total. The lowest BCUT2D eigenvalue weighted by molar-refractivity contribution is -0.137. The Labute approximate surface area is 218 Å². The highest BCUT2D eigenvalue weighted by Crippen LogP contribution is 2.40. The molecular formula is C25H28Cl2F3N5O. The Bertz CT molecular complexity index is 1160. The first-order chi connectivity index (χ1) is 17.1. The van der Waals surface area contributed by atoms with Crippen molar-refractivity contribution < 1.29 is 17.9 Å². The predicted molar refractivity (Wildman–Crippen MR) is 133 cm³/mol. The third-order valence-corrected chi connectivity index (χ3v) is 6.98. The van der Waals surface area contributed by atoms with E-state index in [1.54, 1.807) is 43.3 Å². The second-order valence-corrected chi connectivity index (χ2v) is 10.1. The van der Waals surface area contributed by atoms with E-state index in [1.165, 1.54) is 17.3 Å². The van der Waals surface area contributed by atoms with E-state index in [4.69, 9.17) is 27.9 Å². The van der Waals surface area contributed by atoms with Gasteiger partial charge >= 0.3 is 6.18 Å². The minimum atomic E-state index is -4.48. The number of rotatable bonds is 8. The molecule has 11 heteroatoms. The van der Waals surface area contributed by atoms with Crippen LogP contribution >= 0.6 is 23.2 Å². The largest absolute Gasteiger partial charge is 0.416 e. The summed E-state index contributed by atoms with van der Waals surface area (Å²) in [5, 5.41) is 13.3. The van der Waals surface area contributed by atoms with Gasteiger partial charge in [-0.1, -0.05) is 53.6 Å². The van der Waals surface area contributed by atoms with Crippen LogP contribution in [0.25, 0.3) is 0 Å². The van der Waals surface area contributed by atoms with Gasteiger partial charge in [0.05, 0.1) is 18.7 Å². The highest BCUT2D eigenvalue weighted by atomic mass is 35.5. The molecule has 3 aromatic rings. The molecular weight excluding hydrogens is 514 g/mol. The van der Waals surface area contributed by atoms with Crippen molar-refractivity contribution in [1.82, 2.24) is 20.2 Å². The summed E-state index contributed by atoms with van der Waals surface area (Å²) in [5.41, 5.74) is 1.31. The van der Waals surface area contributed by atoms with Gasteiger partial charge in [0.15, 0.2) is 0 Å². The number of anilines is 1. The fourth-order valence-electron chi connectivity index (χ4n) is 4.93. The molecule has 1 fully saturated rings. The molecule has 4 rings (SSSR count). The van der Waals surface area contributed by atoms with Crippen molar-refractivity contribution in [1.29, 1.82) is 0 Å². The van der Waals surface area contributed by atoms with E-state index in [0.29, 0.717) is 15.6 Å². The van der Waals surface area contributed by atoms with E-state index in [2.05, 4.69) is 15.4 Å². The molecule has 2 aromatic carbocycles. The fraction of sp³-hybridized carbons (Fsp3) is 0.480. The lowest BCUT2D eigenvalue weighted by Crippen LogP contribution is -2.26. The van der Waals surface area contributed by atoms with Crippen LogP contribution in [0.3, 0.4) is 0 Å². The lowest BCUT2D eigenvalue weighted by Gasteiger charge is -2.32. The van der Waals surface area contributed by atoms with E-state index < -0.39 is 11.7 Å². The van der Waals surface area contributed by atoms with Gasteiger partial charge in [0.2, 0.25) is 0 Å². The molecule has 1 unspecified atom stereocenters. The van der Waals surface area contributed by atoms with Crippen LogP contribution in [0.2, 0.25) is 10.0 Å². The number of nitrogens with zero attached hydrogens (tertiary/aromatic N) is 5. The number of ether oxygens (including phenoxy) is 1. The molecule has 194 valence electrons. The summed E-state index contributed by atoms with van der Waals surface area (Å²) < 4.78 is 47.1. The van der Waals surface area contributed by atoms with Gasteiger partial charge in [-0.15, -0.1) is 5.10 Å². The van der Waals surface area contributed by atoms with Gasteiger partial charge in [0.25, 0.3) is 5.95 Å². The summed E-state index contributed by atoms with van der Waals surface area (Å²) in [4.78, 5) is 3.07. The summed E-state index contributed by atoms with van der Waals surface area (Å²) in [7, 11) is 3.25. The Morgan fingerprint density at radius 1 is 1.06 bits per heavy atom. The second kappa shape index (κ2) is 11.4. The van der Waals surface area contributed by atoms with Gasteiger partial charge in [0.1, 0.15) is 0 Å². The monoisotopic (exact) mass is 541 g/mol. The first-order valence-corrected chi connectivity index (χ1v) is 12.6. The maximum Gasteiger partial charge on any atom is 0.416 e. The summed E-state index contributed by atoms with van der Waals surface area (Å²) in [6.45, 7) is 0.379. The molecule has 6 nitrogen and oxygen atoms in total. The molecule has 1 aliphatic rings. The van der Waals surface area contributed by atoms with Gasteiger partial charge in [-0.3, -0.25) is 0 Å². The molecule has 0 aliphatic heterocycles. The fourth-order valence-corrected chi connectivity index (χ4v) is 5.50. The smallest absolute Gasteiger partial charge is 0.376 e. The number of alkyl halides is 3. The number of aromatic nitrogens is 4. The number of benzene rings is 2. The third-order valence-electron chi connectivity index (χ3n) is 6.55. The highest BCUT2D eigenvalue weighted by molar-refractivity contribution is 6.34. The molecule has 1 aromatic heterocycles. The Morgan fingerprint density at radius 3 is 2.33 bits per heavy atom. The van der Waals surface area contributed by atoms with Crippen LogP contribution in [-0.4, -0.2) is 27.3 Å². The Kier molecular flexibility index (Phi) is 8.42. The first-order valence-electron chi connectivity index (χ1n) is 11.8. The van der Waals surface area contributed by atoms with Crippen molar-refractivity contribution in [3.63, 3.8) is 0 Å². The molecule has 1 saturated carbocycles. The quantitative estimate of drug-likeness (QED) is 0.307. The van der Waals surface area contributed by atoms with Gasteiger partial charge < -0.3 is 9.64 Å². The molecule has 1 aliphatic carbocycles. The van der Waals surface area contributed by atoms with Crippen LogP contribution in [0, 0.1) is 5.92 Å². The van der Waals surface area contributed by atoms with Gasteiger partial charge in [-0.05, 0) is 71.0 Å². The Hall–Kier alpha value is -2.36. The Morgan fingerprint density at radius 2 is 1.75 bits per heavy atom. The van der Waals surface area contributed by atoms with E-state index in [1.807, 2.05) is 0 Å². The van der Waals surface area contributed by atoms with Crippen molar-refractivity contribution in [2.45, 2.75) is 57.5 Å². The van der Waals surface area contributed by atoms with E-state index in [9.17, 15) is 13.2 Å². The zero-order valence-electron chi connectivity index (χ0n) is 20.1. The molecule has 0 saturated heterocycles. The number of halogens is 5. The van der Waals surface area contributed by atoms with Gasteiger partial charge in [0, 0.05) is 30.2 Å². The molecule has 0 amide bonds. The first kappa shape index (κ1) is 26.7. The molecule has 0 bridgehead atoms. The second-order valence-electron chi connectivity index (χ2n) is 9.18. The average molecular weight is 542 g/mol. The number of tetrazole rings is 1. The van der Waals surface area contributed by atoms with Gasteiger partial charge in [-0.25, -0.2) is 0 Å². The minimum absolute atomic E-state index is 0.113. The van der Waals surface area contributed by atoms with E-state index in [-0.39, 0.29) is 31.1 Å². The SMILES string of the molecule is COC(c1ccc(C(F)(F)F)cc1CN(Cc1cc(Cl)cc(Cl)c1)c1nnn(C)n1)C1CCCCC1. The standard InChI is InChI=1S/C25H28Cl2F3N5O/c1-34-32-24(31-33-34)35(14-16-10-20(26)13-21(27)11-16)15-18-12-19(25(28,29)30)8-9-22(18)23(36-2)17-6-4-3-5-7-17/h8-13,17,23H,3-7,14-15H2,1-2H3. The molecule has 36 heavy (non-hydrogen) atoms. The zero-order chi connectivity index (χ0) is 25.9. The molecule has 0 radical (unpaired) electrons. The number of aryl methyl sites for hydroxylation is 1. The normalized spacial score (nSPS) is 15.8. The van der Waals surface area contributed by atoms with Crippen molar-refractivity contribution >= 4 is 29.2 Å². The van der Waals surface area contributed by atoms with Crippen LogP contribution < -0.4 is 4.90 Å². The maximum absolute atomic E-state index is 13.7. The topological polar surface area (TPSA) is 56.1 Å². The highest BCUT2D eigenvalue weighted by Gasteiger charge is 2.33. The summed E-state index contributed by atoms with van der Waals surface area (Å²) in [6, 6.07) is 9.02. The molecule has 0 spiro atoms. The van der Waals surface area contributed by atoms with Crippen LogP contribution in [0.5, 0.6) is 0 Å². The van der Waals surface area contributed by atoms with E-state index >= 15 is 0 Å². The summed E-state index contributed by atoms with van der Waals surface area (Å²) in [5.74, 6) is 0.526. The van der Waals surface area contributed by atoms with Crippen molar-refractivity contribution in [3.8, 4) is 0 Å². The molecule has 1 atom stereocenters. The van der Waals surface area contributed by atoms with Gasteiger partial charge in [-0.2, -0.15) is 18.0 Å². The predicted octanol–water partition coefficient (Wildman–Crippen LogP) is 7.01. The minimum Gasteiger partial charge on any atom is -0.376 e. The van der Waals surface area contributed by atoms with Crippen LogP contribution in [0.1, 0.15) is 60.5 Å². The van der Waals surface area contributed by atoms with Crippen LogP contribution in [0.4, 0.5) is 19.1 Å².